The Balaban J connectivity index is 1.63. The molecule has 22 nitrogen and oxygen atoms in total. The molecule has 0 aromatic heterocycles. The summed E-state index contributed by atoms with van der Waals surface area (Å²) in [6, 6.07) is -1.27. The number of nitrogens with zero attached hydrogens (tertiary/aromatic N) is 1. The molecule has 0 aliphatic carbocycles. The van der Waals surface area contributed by atoms with E-state index < -0.39 is 178 Å². The monoisotopic (exact) mass is 1110 g/mol. The fourth-order valence-corrected chi connectivity index (χ4v) is 10.2. The topological polar surface area (TPSA) is 356 Å². The van der Waals surface area contributed by atoms with Crippen molar-refractivity contribution < 1.29 is 104 Å². The number of fused-ring (bicyclic) bond motifs is 2. The molecular formula is C56H89NO21. The van der Waals surface area contributed by atoms with Crippen LogP contribution in [-0.4, -0.2) is 226 Å². The molecule has 4 aliphatic rings. The average molecular weight is 1110 g/mol. The predicted molar refractivity (Wildman–Crippen MR) is 282 cm³/mol. The third kappa shape index (κ3) is 19.8. The van der Waals surface area contributed by atoms with Crippen LogP contribution in [0.5, 0.6) is 0 Å². The van der Waals surface area contributed by atoms with Gasteiger partial charge in [-0.3, -0.25) is 14.5 Å². The summed E-state index contributed by atoms with van der Waals surface area (Å²) >= 11 is 0. The van der Waals surface area contributed by atoms with Gasteiger partial charge in [-0.2, -0.15) is 0 Å². The second-order valence-electron chi connectivity index (χ2n) is 21.6. The van der Waals surface area contributed by atoms with E-state index in [1.54, 1.807) is 93.7 Å². The van der Waals surface area contributed by atoms with Gasteiger partial charge in [-0.25, -0.2) is 0 Å². The Hall–Kier alpha value is -3.60. The van der Waals surface area contributed by atoms with Crippen LogP contribution >= 0.6 is 0 Å². The minimum atomic E-state index is -2.44. The highest BCUT2D eigenvalue weighted by Gasteiger charge is 2.54. The summed E-state index contributed by atoms with van der Waals surface area (Å²) in [6.45, 7) is 7.34. The first kappa shape index (κ1) is 66.9. The standard InChI is InChI=1S/C56H89NO21/c1-32-22-23-37(58)24-38(59)26-45(64)75-35(4)34(3)48(65)33(2)20-18-16-14-12-10-8-9-11-13-15-17-19-21-40(27-44-46(53(70)73-7)42(62)29-55(71,78-44)28-39(60)25-41(32)61)77-54-51(68)47(49(66)36(5)76-54)57(6)31-56(72)52(69)50(67)43(63)30-74-56/h8-21,32-44,46-52,54,58-63,65-69,71-72H,22-31H2,1-7H3/b9-8+,12-10+,13-11+,16-14+,17-15+,20-18+,21-19+/t32-,33+,34+,35+,36-,37-,38-,39+,40?,41-,42+,43-,44+,46-,47+,48-,49-,50-,51+,52+,54+,55-,56-/m1/s1. The first-order valence-electron chi connectivity index (χ1n) is 26.9. The molecule has 3 saturated heterocycles. The number of allylic oxidation sites excluding steroid dienone is 12. The zero-order chi connectivity index (χ0) is 58.1. The minimum Gasteiger partial charge on any atom is -0.469 e. The lowest BCUT2D eigenvalue weighted by atomic mass is 9.82. The molecule has 23 atom stereocenters. The maximum absolute atomic E-state index is 13.3. The van der Waals surface area contributed by atoms with Crippen LogP contribution in [0.4, 0.5) is 0 Å². The molecule has 0 spiro atoms. The number of methoxy groups -OCH3 is 1. The van der Waals surface area contributed by atoms with Gasteiger partial charge in [0.1, 0.15) is 36.4 Å². The van der Waals surface area contributed by atoms with Crippen molar-refractivity contribution in [1.82, 2.24) is 4.90 Å². The first-order chi connectivity index (χ1) is 36.7. The van der Waals surface area contributed by atoms with Crippen molar-refractivity contribution in [1.29, 1.82) is 0 Å². The quantitative estimate of drug-likeness (QED) is 0.154. The lowest BCUT2D eigenvalue weighted by molar-refractivity contribution is -0.335. The molecule has 13 N–H and O–H groups in total. The SMILES string of the molecule is COC(=O)[C@H]1[C@@H]2CC(O[C@@H]3O[C@H](C)[C@@H](O)[C@H](N(C)C[C@@]4(O)OC[C@@H](O)[C@@H](O)[C@@H]4O)[C@@H]3O)/C=C/C=C/C=C/C=C/C=C/C=C/C=C/[C@H](C)[C@@H](O)[C@@H](C)[C@H](C)OC(=O)C[C@H](O)C[C@H](O)CC[C@@H](C)[C@H](O)C[C@H](O)C[C@](O)(C[C@@H]1O)O2. The highest BCUT2D eigenvalue weighted by atomic mass is 16.7. The Kier molecular flexibility index (Phi) is 27.1. The van der Waals surface area contributed by atoms with Crippen LogP contribution in [0.25, 0.3) is 0 Å². The molecule has 1 unspecified atom stereocenters. The number of hydrogen-bond donors (Lipinski definition) is 13. The number of cyclic esters (lactones) is 1. The van der Waals surface area contributed by atoms with Gasteiger partial charge >= 0.3 is 11.9 Å². The van der Waals surface area contributed by atoms with Crippen LogP contribution < -0.4 is 0 Å². The zero-order valence-corrected chi connectivity index (χ0v) is 45.8. The van der Waals surface area contributed by atoms with Crippen molar-refractivity contribution in [3.63, 3.8) is 0 Å². The number of carbonyl (C=O) groups is 2. The Bertz CT molecular complexity index is 2050. The van der Waals surface area contributed by atoms with E-state index in [9.17, 15) is 76.0 Å². The van der Waals surface area contributed by atoms with E-state index in [0.29, 0.717) is 0 Å². The second-order valence-corrected chi connectivity index (χ2v) is 21.6. The van der Waals surface area contributed by atoms with Crippen molar-refractivity contribution in [2.75, 3.05) is 27.3 Å². The van der Waals surface area contributed by atoms with Crippen LogP contribution in [0.3, 0.4) is 0 Å². The maximum atomic E-state index is 13.3. The van der Waals surface area contributed by atoms with E-state index in [1.165, 1.54) is 24.9 Å². The summed E-state index contributed by atoms with van der Waals surface area (Å²) in [6.07, 6.45) is 0.903. The van der Waals surface area contributed by atoms with E-state index in [1.807, 2.05) is 13.0 Å². The van der Waals surface area contributed by atoms with Crippen molar-refractivity contribution in [2.24, 2.45) is 23.7 Å². The number of hydrogen-bond acceptors (Lipinski definition) is 22. The summed E-state index contributed by atoms with van der Waals surface area (Å²) < 4.78 is 34.4. The third-order valence-electron chi connectivity index (χ3n) is 15.2. The molecular weight excluding hydrogens is 1020 g/mol. The highest BCUT2D eigenvalue weighted by Crippen LogP contribution is 2.39. The Morgan fingerprint density at radius 3 is 1.86 bits per heavy atom. The Morgan fingerprint density at radius 1 is 0.667 bits per heavy atom. The highest BCUT2D eigenvalue weighted by molar-refractivity contribution is 5.74. The van der Waals surface area contributed by atoms with Gasteiger partial charge in [0, 0.05) is 31.1 Å². The van der Waals surface area contributed by atoms with E-state index in [0.717, 1.165) is 7.11 Å². The molecule has 4 aliphatic heterocycles. The Labute approximate surface area is 457 Å². The molecule has 0 aromatic rings. The number of esters is 2. The summed E-state index contributed by atoms with van der Waals surface area (Å²) in [5.41, 5.74) is 0. The van der Waals surface area contributed by atoms with Gasteiger partial charge in [0.25, 0.3) is 0 Å². The van der Waals surface area contributed by atoms with E-state index >= 15 is 0 Å². The van der Waals surface area contributed by atoms with Gasteiger partial charge in [-0.05, 0) is 52.5 Å². The molecule has 0 saturated carbocycles. The van der Waals surface area contributed by atoms with Gasteiger partial charge < -0.3 is 94.8 Å². The number of likely N-dealkylation sites (N-methyl/N-ethyl adjacent to an activating group) is 1. The number of ether oxygens (including phenoxy) is 6. The fraction of sp³-hybridized carbons (Fsp3) is 0.714. The number of aliphatic hydroxyl groups excluding tert-OH is 11. The molecule has 3 fully saturated rings. The number of carbonyl (C=O) groups excluding carboxylic acids is 2. The molecule has 2 bridgehead atoms. The second kappa shape index (κ2) is 31.6. The lowest BCUT2D eigenvalue weighted by Crippen LogP contribution is -2.69. The van der Waals surface area contributed by atoms with Crippen LogP contribution in [-0.2, 0) is 38.0 Å². The smallest absolute Gasteiger partial charge is 0.313 e. The van der Waals surface area contributed by atoms with Gasteiger partial charge in [0.05, 0.1) is 93.8 Å². The van der Waals surface area contributed by atoms with E-state index in [-0.39, 0.29) is 38.0 Å². The molecule has 0 amide bonds. The third-order valence-corrected chi connectivity index (χ3v) is 15.2. The fourth-order valence-electron chi connectivity index (χ4n) is 10.2. The van der Waals surface area contributed by atoms with Crippen molar-refractivity contribution in [3.8, 4) is 0 Å². The van der Waals surface area contributed by atoms with Crippen LogP contribution in [0.15, 0.2) is 85.1 Å². The molecule has 4 rings (SSSR count). The molecule has 78 heavy (non-hydrogen) atoms. The van der Waals surface area contributed by atoms with Gasteiger partial charge in [0.2, 0.25) is 5.79 Å². The first-order valence-corrected chi connectivity index (χ1v) is 26.9. The largest absolute Gasteiger partial charge is 0.469 e. The van der Waals surface area contributed by atoms with Crippen LogP contribution in [0.1, 0.15) is 86.0 Å². The van der Waals surface area contributed by atoms with Crippen molar-refractivity contribution >= 4 is 11.9 Å². The predicted octanol–water partition coefficient (Wildman–Crippen LogP) is -0.150. The van der Waals surface area contributed by atoms with Crippen molar-refractivity contribution in [2.45, 2.75) is 201 Å². The average Bonchev–Trinajstić information content (AvgIpc) is 3.42. The van der Waals surface area contributed by atoms with Gasteiger partial charge in [0.15, 0.2) is 12.1 Å². The number of aliphatic hydroxyl groups is 13. The summed E-state index contributed by atoms with van der Waals surface area (Å²) in [7, 11) is 2.51. The van der Waals surface area contributed by atoms with Gasteiger partial charge in [-0.15, -0.1) is 0 Å². The Morgan fingerprint density at radius 2 is 1.26 bits per heavy atom. The van der Waals surface area contributed by atoms with E-state index in [4.69, 9.17) is 28.4 Å². The van der Waals surface area contributed by atoms with E-state index in [2.05, 4.69) is 0 Å². The maximum Gasteiger partial charge on any atom is 0.313 e. The minimum absolute atomic E-state index is 0.118. The summed E-state index contributed by atoms with van der Waals surface area (Å²) in [5, 5.41) is 144. The molecule has 444 valence electrons. The summed E-state index contributed by atoms with van der Waals surface area (Å²) in [5.74, 6) is -8.98. The zero-order valence-electron chi connectivity index (χ0n) is 45.8. The van der Waals surface area contributed by atoms with Crippen LogP contribution in [0, 0.1) is 23.7 Å². The lowest BCUT2D eigenvalue weighted by Gasteiger charge is -2.49. The normalized spacial score (nSPS) is 45.9. The molecule has 22 heteroatoms. The van der Waals surface area contributed by atoms with Gasteiger partial charge in [-0.1, -0.05) is 106 Å². The van der Waals surface area contributed by atoms with Crippen molar-refractivity contribution in [3.05, 3.63) is 85.1 Å². The molecule has 4 heterocycles. The molecule has 0 aromatic carbocycles. The van der Waals surface area contributed by atoms with Crippen LogP contribution in [0.2, 0.25) is 0 Å². The molecule has 0 radical (unpaired) electrons. The number of rotatable bonds is 6. The summed E-state index contributed by atoms with van der Waals surface area (Å²) in [4.78, 5) is 27.4.